The summed E-state index contributed by atoms with van der Waals surface area (Å²) in [6.07, 6.45) is 2.28. The van der Waals surface area contributed by atoms with Crippen LogP contribution in [0.3, 0.4) is 0 Å². The van der Waals surface area contributed by atoms with Gasteiger partial charge in [-0.05, 0) is 0 Å². The first-order valence-corrected chi connectivity index (χ1v) is 5.33. The summed E-state index contributed by atoms with van der Waals surface area (Å²) in [6.45, 7) is -0.0228. The molecular weight excluding hydrogens is 228 g/mol. The third kappa shape index (κ3) is 4.43. The molecule has 1 N–H and O–H groups in total. The van der Waals surface area contributed by atoms with Gasteiger partial charge in [0, 0.05) is 7.11 Å². The molecule has 0 aromatic rings. The maximum atomic E-state index is 11.2. The highest BCUT2D eigenvalue weighted by Gasteiger charge is 2.30. The molecule has 17 heavy (non-hydrogen) atoms. The molecule has 1 aliphatic rings. The number of rotatable bonds is 6. The molecule has 0 saturated heterocycles. The number of esters is 1. The summed E-state index contributed by atoms with van der Waals surface area (Å²) in [5, 5.41) is 9.00. The minimum Gasteiger partial charge on any atom is -0.469 e. The van der Waals surface area contributed by atoms with Crippen molar-refractivity contribution in [1.82, 2.24) is 0 Å². The van der Waals surface area contributed by atoms with Gasteiger partial charge < -0.3 is 24.1 Å². The Morgan fingerprint density at radius 1 is 1.41 bits per heavy atom. The lowest BCUT2D eigenvalue weighted by Crippen LogP contribution is -2.40. The van der Waals surface area contributed by atoms with Crippen molar-refractivity contribution in [3.8, 4) is 0 Å². The fourth-order valence-electron chi connectivity index (χ4n) is 1.53. The number of carbonyl (C=O) groups is 1. The predicted octanol–water partition coefficient (Wildman–Crippen LogP) is -0.146. The molecule has 0 aliphatic carbocycles. The van der Waals surface area contributed by atoms with E-state index in [4.69, 9.17) is 19.3 Å². The van der Waals surface area contributed by atoms with E-state index >= 15 is 0 Å². The average molecular weight is 246 g/mol. The van der Waals surface area contributed by atoms with Gasteiger partial charge in [-0.25, -0.2) is 0 Å². The molecule has 6 heteroatoms. The molecule has 0 aromatic carbocycles. The summed E-state index contributed by atoms with van der Waals surface area (Å²) in [6, 6.07) is 0. The second-order valence-electron chi connectivity index (χ2n) is 3.60. The number of aliphatic hydroxyl groups is 1. The zero-order valence-electron chi connectivity index (χ0n) is 10.00. The first-order chi connectivity index (χ1) is 8.21. The highest BCUT2D eigenvalue weighted by molar-refractivity contribution is 5.69. The number of ether oxygens (including phenoxy) is 4. The lowest BCUT2D eigenvalue weighted by Gasteiger charge is -2.30. The zero-order valence-corrected chi connectivity index (χ0v) is 10.00. The topological polar surface area (TPSA) is 74.2 Å². The molecule has 98 valence electrons. The van der Waals surface area contributed by atoms with Gasteiger partial charge in [-0.2, -0.15) is 0 Å². The van der Waals surface area contributed by atoms with E-state index in [1.165, 1.54) is 14.2 Å². The Hall–Kier alpha value is -0.950. The number of hydrogen-bond acceptors (Lipinski definition) is 6. The Bertz CT molecular complexity index is 265. The van der Waals surface area contributed by atoms with E-state index in [-0.39, 0.29) is 31.9 Å². The van der Waals surface area contributed by atoms with Gasteiger partial charge in [-0.3, -0.25) is 4.79 Å². The van der Waals surface area contributed by atoms with Crippen LogP contribution in [0.4, 0.5) is 0 Å². The zero-order chi connectivity index (χ0) is 12.7. The average Bonchev–Trinajstić information content (AvgIpc) is 2.36. The standard InChI is InChI=1S/C11H18O6/c1-14-7-16-9-4-3-8(6-12)17-10(9)5-11(13)15-2/h3-4,8-10,12H,5-7H2,1-2H3/t8-,9+,10+/m0/s1. The van der Waals surface area contributed by atoms with Gasteiger partial charge in [-0.15, -0.1) is 0 Å². The highest BCUT2D eigenvalue weighted by Crippen LogP contribution is 2.19. The summed E-state index contributed by atoms with van der Waals surface area (Å²) < 4.78 is 20.2. The van der Waals surface area contributed by atoms with E-state index in [2.05, 4.69) is 4.74 Å². The quantitative estimate of drug-likeness (QED) is 0.399. The summed E-state index contributed by atoms with van der Waals surface area (Å²) in [7, 11) is 2.83. The van der Waals surface area contributed by atoms with Gasteiger partial charge in [0.2, 0.25) is 0 Å². The van der Waals surface area contributed by atoms with Crippen LogP contribution in [0.2, 0.25) is 0 Å². The number of methoxy groups -OCH3 is 2. The van der Waals surface area contributed by atoms with Crippen LogP contribution in [0.1, 0.15) is 6.42 Å². The van der Waals surface area contributed by atoms with Crippen molar-refractivity contribution < 1.29 is 28.8 Å². The molecule has 0 radical (unpaired) electrons. The van der Waals surface area contributed by atoms with Gasteiger partial charge in [0.05, 0.1) is 32.3 Å². The first-order valence-electron chi connectivity index (χ1n) is 5.33. The molecule has 0 saturated carbocycles. The molecule has 0 fully saturated rings. The third-order valence-corrected chi connectivity index (χ3v) is 2.39. The number of hydrogen-bond donors (Lipinski definition) is 1. The SMILES string of the molecule is COCO[C@@H]1C=C[C@@H](CO)O[C@@H]1CC(=O)OC. The van der Waals surface area contributed by atoms with Gasteiger partial charge in [0.1, 0.15) is 12.9 Å². The Kier molecular flexibility index (Phi) is 6.13. The van der Waals surface area contributed by atoms with Crippen LogP contribution in [0.5, 0.6) is 0 Å². The van der Waals surface area contributed by atoms with Crippen molar-refractivity contribution in [1.29, 1.82) is 0 Å². The van der Waals surface area contributed by atoms with Crippen molar-refractivity contribution in [2.45, 2.75) is 24.7 Å². The predicted molar refractivity (Wildman–Crippen MR) is 58.3 cm³/mol. The largest absolute Gasteiger partial charge is 0.469 e. The molecule has 1 rings (SSSR count). The summed E-state index contributed by atoms with van der Waals surface area (Å²) in [5.41, 5.74) is 0. The van der Waals surface area contributed by atoms with Crippen molar-refractivity contribution in [2.24, 2.45) is 0 Å². The lowest BCUT2D eigenvalue weighted by atomic mass is 10.1. The third-order valence-electron chi connectivity index (χ3n) is 2.39. The fraction of sp³-hybridized carbons (Fsp3) is 0.727. The van der Waals surface area contributed by atoms with E-state index < -0.39 is 12.2 Å². The molecule has 3 atom stereocenters. The maximum Gasteiger partial charge on any atom is 0.308 e. The monoisotopic (exact) mass is 246 g/mol. The maximum absolute atomic E-state index is 11.2. The van der Waals surface area contributed by atoms with Gasteiger partial charge in [0.15, 0.2) is 0 Å². The molecule has 1 aliphatic heterocycles. The van der Waals surface area contributed by atoms with Gasteiger partial charge >= 0.3 is 5.97 Å². The summed E-state index contributed by atoms with van der Waals surface area (Å²) >= 11 is 0. The van der Waals surface area contributed by atoms with Crippen LogP contribution in [0.25, 0.3) is 0 Å². The van der Waals surface area contributed by atoms with E-state index in [9.17, 15) is 4.79 Å². The van der Waals surface area contributed by atoms with Gasteiger partial charge in [-0.1, -0.05) is 12.2 Å². The van der Waals surface area contributed by atoms with E-state index in [0.717, 1.165) is 0 Å². The highest BCUT2D eigenvalue weighted by atomic mass is 16.7. The molecule has 1 heterocycles. The van der Waals surface area contributed by atoms with Crippen LogP contribution < -0.4 is 0 Å². The Balaban J connectivity index is 2.59. The van der Waals surface area contributed by atoms with Crippen molar-refractivity contribution in [2.75, 3.05) is 27.6 Å². The van der Waals surface area contributed by atoms with E-state index in [1.54, 1.807) is 12.2 Å². The Labute approximate surface area is 100 Å². The van der Waals surface area contributed by atoms with Crippen LogP contribution in [-0.2, 0) is 23.7 Å². The van der Waals surface area contributed by atoms with Crippen molar-refractivity contribution in [3.63, 3.8) is 0 Å². The molecule has 0 unspecified atom stereocenters. The van der Waals surface area contributed by atoms with E-state index in [1.807, 2.05) is 0 Å². The minimum atomic E-state index is -0.472. The molecule has 0 spiro atoms. The minimum absolute atomic E-state index is 0.0751. The summed E-state index contributed by atoms with van der Waals surface area (Å²) in [4.78, 5) is 11.2. The van der Waals surface area contributed by atoms with Gasteiger partial charge in [0.25, 0.3) is 0 Å². The normalized spacial score (nSPS) is 28.1. The second-order valence-corrected chi connectivity index (χ2v) is 3.60. The molecular formula is C11H18O6. The second kappa shape index (κ2) is 7.39. The van der Waals surface area contributed by atoms with E-state index in [0.29, 0.717) is 0 Å². The summed E-state index contributed by atoms with van der Waals surface area (Å²) in [5.74, 6) is -0.381. The Morgan fingerprint density at radius 3 is 2.76 bits per heavy atom. The molecule has 6 nitrogen and oxygen atoms in total. The van der Waals surface area contributed by atoms with Crippen molar-refractivity contribution >= 4 is 5.97 Å². The van der Waals surface area contributed by atoms with Crippen LogP contribution >= 0.6 is 0 Å². The first kappa shape index (κ1) is 14.1. The lowest BCUT2D eigenvalue weighted by molar-refractivity contribution is -0.158. The fourth-order valence-corrected chi connectivity index (χ4v) is 1.53. The van der Waals surface area contributed by atoms with Crippen LogP contribution in [0, 0.1) is 0 Å². The van der Waals surface area contributed by atoms with Crippen LogP contribution in [0.15, 0.2) is 12.2 Å². The van der Waals surface area contributed by atoms with Crippen LogP contribution in [-0.4, -0.2) is 57.0 Å². The molecule has 0 aromatic heterocycles. The smallest absolute Gasteiger partial charge is 0.308 e. The van der Waals surface area contributed by atoms with Crippen molar-refractivity contribution in [3.05, 3.63) is 12.2 Å². The Morgan fingerprint density at radius 2 is 2.18 bits per heavy atom. The number of aliphatic hydroxyl groups excluding tert-OH is 1. The number of carbonyl (C=O) groups excluding carboxylic acids is 1. The molecule has 0 bridgehead atoms. The molecule has 0 amide bonds.